The average Bonchev–Trinajstić information content (AvgIpc) is 3.00. The number of phenols is 1. The Kier molecular flexibility index (Phi) is 4.77. The zero-order valence-electron chi connectivity index (χ0n) is 14.3. The van der Waals surface area contributed by atoms with E-state index in [9.17, 15) is 9.90 Å². The Morgan fingerprint density at radius 1 is 0.852 bits per heavy atom. The van der Waals surface area contributed by atoms with Crippen molar-refractivity contribution in [1.29, 1.82) is 0 Å². The van der Waals surface area contributed by atoms with Crippen molar-refractivity contribution >= 4 is 40.3 Å². The van der Waals surface area contributed by atoms with E-state index < -0.39 is 0 Å². The molecule has 27 heavy (non-hydrogen) atoms. The van der Waals surface area contributed by atoms with Crippen molar-refractivity contribution in [3.05, 3.63) is 95.4 Å². The number of para-hydroxylation sites is 3. The van der Waals surface area contributed by atoms with Crippen LogP contribution < -0.4 is 4.90 Å². The van der Waals surface area contributed by atoms with Gasteiger partial charge in [0.1, 0.15) is 5.75 Å². The van der Waals surface area contributed by atoms with Crippen molar-refractivity contribution in [2.75, 3.05) is 4.90 Å². The van der Waals surface area contributed by atoms with E-state index in [1.165, 1.54) is 11.8 Å². The maximum absolute atomic E-state index is 13.1. The zero-order chi connectivity index (χ0) is 18.6. The third-order valence-corrected chi connectivity index (χ3v) is 4.99. The maximum atomic E-state index is 13.1. The number of aliphatic imine (C=N–C) groups is 1. The van der Waals surface area contributed by atoms with Crippen molar-refractivity contribution < 1.29 is 9.90 Å². The molecule has 0 radical (unpaired) electrons. The Hall–Kier alpha value is -3.31. The molecular weight excluding hydrogens is 356 g/mol. The summed E-state index contributed by atoms with van der Waals surface area (Å²) < 4.78 is 0. The molecule has 0 atom stereocenters. The molecular formula is C22H16N2O2S. The van der Waals surface area contributed by atoms with Crippen molar-refractivity contribution in [2.45, 2.75) is 0 Å². The molecule has 0 unspecified atom stereocenters. The molecule has 1 N–H and O–H groups in total. The number of rotatable bonds is 3. The first-order chi connectivity index (χ1) is 13.2. The third kappa shape index (κ3) is 3.64. The lowest BCUT2D eigenvalue weighted by molar-refractivity contribution is -0.113. The summed E-state index contributed by atoms with van der Waals surface area (Å²) in [4.78, 5) is 19.9. The lowest BCUT2D eigenvalue weighted by atomic mass is 10.2. The van der Waals surface area contributed by atoms with Gasteiger partial charge in [-0.3, -0.25) is 9.69 Å². The van der Waals surface area contributed by atoms with Crippen LogP contribution >= 0.6 is 11.8 Å². The summed E-state index contributed by atoms with van der Waals surface area (Å²) in [5, 5.41) is 10.6. The van der Waals surface area contributed by atoms with Gasteiger partial charge in [0, 0.05) is 5.56 Å². The minimum Gasteiger partial charge on any atom is -0.507 e. The summed E-state index contributed by atoms with van der Waals surface area (Å²) in [5.41, 5.74) is 2.13. The number of carbonyl (C=O) groups excluding carboxylic acids is 1. The van der Waals surface area contributed by atoms with E-state index in [2.05, 4.69) is 4.99 Å². The van der Waals surface area contributed by atoms with Crippen molar-refractivity contribution in [3.63, 3.8) is 0 Å². The van der Waals surface area contributed by atoms with Crippen LogP contribution in [-0.2, 0) is 4.79 Å². The number of thioether (sulfide) groups is 1. The highest BCUT2D eigenvalue weighted by atomic mass is 32.2. The van der Waals surface area contributed by atoms with Gasteiger partial charge in [-0.2, -0.15) is 0 Å². The average molecular weight is 372 g/mol. The summed E-state index contributed by atoms with van der Waals surface area (Å²) in [6.07, 6.45) is 1.70. The third-order valence-electron chi connectivity index (χ3n) is 4.03. The minimum atomic E-state index is -0.163. The van der Waals surface area contributed by atoms with Gasteiger partial charge in [0.15, 0.2) is 5.17 Å². The van der Waals surface area contributed by atoms with E-state index >= 15 is 0 Å². The summed E-state index contributed by atoms with van der Waals surface area (Å²) in [5.74, 6) is -0.0257. The highest BCUT2D eigenvalue weighted by Crippen LogP contribution is 2.38. The number of amides is 1. The number of aromatic hydroxyl groups is 1. The molecule has 0 spiro atoms. The molecule has 3 aromatic rings. The minimum absolute atomic E-state index is 0.137. The molecule has 4 nitrogen and oxygen atoms in total. The smallest absolute Gasteiger partial charge is 0.271 e. The predicted molar refractivity (Wildman–Crippen MR) is 111 cm³/mol. The number of phenolic OH excluding ortho intramolecular Hbond substituents is 1. The summed E-state index contributed by atoms with van der Waals surface area (Å²) in [7, 11) is 0. The Morgan fingerprint density at radius 3 is 2.19 bits per heavy atom. The number of benzene rings is 3. The number of anilines is 1. The van der Waals surface area contributed by atoms with Gasteiger partial charge < -0.3 is 5.11 Å². The number of nitrogens with zero attached hydrogens (tertiary/aromatic N) is 2. The van der Waals surface area contributed by atoms with E-state index in [0.29, 0.717) is 15.6 Å². The fourth-order valence-electron chi connectivity index (χ4n) is 2.72. The van der Waals surface area contributed by atoms with E-state index in [1.807, 2.05) is 66.7 Å². The van der Waals surface area contributed by atoms with Crippen molar-refractivity contribution in [3.8, 4) is 5.75 Å². The molecule has 0 aromatic heterocycles. The summed E-state index contributed by atoms with van der Waals surface area (Å²) in [6, 6.07) is 25.9. The van der Waals surface area contributed by atoms with E-state index in [0.717, 1.165) is 11.4 Å². The molecule has 4 rings (SSSR count). The number of amidine groups is 1. The zero-order valence-corrected chi connectivity index (χ0v) is 15.1. The van der Waals surface area contributed by atoms with Gasteiger partial charge in [-0.05, 0) is 48.2 Å². The SMILES string of the molecule is O=C1/C(=C/c2ccccc2O)SC(=Nc2ccccc2)N1c1ccccc1. The Labute approximate surface area is 161 Å². The number of hydrogen-bond donors (Lipinski definition) is 1. The summed E-state index contributed by atoms with van der Waals surface area (Å²) in [6.45, 7) is 0. The van der Waals surface area contributed by atoms with Crippen molar-refractivity contribution in [1.82, 2.24) is 0 Å². The number of hydrogen-bond acceptors (Lipinski definition) is 4. The fourth-order valence-corrected chi connectivity index (χ4v) is 3.71. The van der Waals surface area contributed by atoms with Crippen LogP contribution in [0.5, 0.6) is 5.75 Å². The molecule has 1 aliphatic heterocycles. The molecule has 1 aliphatic rings. The van der Waals surface area contributed by atoms with Gasteiger partial charge in [-0.15, -0.1) is 0 Å². The molecule has 5 heteroatoms. The van der Waals surface area contributed by atoms with Gasteiger partial charge in [-0.25, -0.2) is 4.99 Å². The second-order valence-corrected chi connectivity index (χ2v) is 6.88. The van der Waals surface area contributed by atoms with Crippen LogP contribution in [-0.4, -0.2) is 16.2 Å². The highest BCUT2D eigenvalue weighted by Gasteiger charge is 2.34. The molecule has 1 amide bonds. The van der Waals surface area contributed by atoms with Crippen molar-refractivity contribution in [2.24, 2.45) is 4.99 Å². The normalized spacial score (nSPS) is 17.0. The van der Waals surface area contributed by atoms with Crippen LogP contribution in [0, 0.1) is 0 Å². The fraction of sp³-hybridized carbons (Fsp3) is 0. The molecule has 132 valence electrons. The first-order valence-corrected chi connectivity index (χ1v) is 9.25. The summed E-state index contributed by atoms with van der Waals surface area (Å²) >= 11 is 1.30. The monoisotopic (exact) mass is 372 g/mol. The standard InChI is InChI=1S/C22H16N2O2S/c25-19-14-8-7-9-16(19)15-20-21(26)24(18-12-5-2-6-13-18)22(27-20)23-17-10-3-1-4-11-17/h1-15,25H/b20-15-,23-22?. The second-order valence-electron chi connectivity index (χ2n) is 5.88. The van der Waals surface area contributed by atoms with Gasteiger partial charge >= 0.3 is 0 Å². The Morgan fingerprint density at radius 2 is 1.48 bits per heavy atom. The molecule has 3 aromatic carbocycles. The second kappa shape index (κ2) is 7.51. The molecule has 1 saturated heterocycles. The van der Waals surface area contributed by atoms with Gasteiger partial charge in [0.2, 0.25) is 0 Å². The maximum Gasteiger partial charge on any atom is 0.271 e. The van der Waals surface area contributed by atoms with Crippen LogP contribution in [0.4, 0.5) is 11.4 Å². The van der Waals surface area contributed by atoms with Gasteiger partial charge in [0.25, 0.3) is 5.91 Å². The van der Waals surface area contributed by atoms with E-state index in [4.69, 9.17) is 0 Å². The molecule has 1 fully saturated rings. The predicted octanol–water partition coefficient (Wildman–Crippen LogP) is 5.20. The van der Waals surface area contributed by atoms with Crippen LogP contribution in [0.25, 0.3) is 6.08 Å². The number of carbonyl (C=O) groups is 1. The lowest BCUT2D eigenvalue weighted by Gasteiger charge is -2.15. The van der Waals surface area contributed by atoms with E-state index in [-0.39, 0.29) is 11.7 Å². The van der Waals surface area contributed by atoms with Crippen LogP contribution in [0.15, 0.2) is 94.8 Å². The Bertz CT molecular complexity index is 1030. The van der Waals surface area contributed by atoms with Crippen LogP contribution in [0.1, 0.15) is 5.56 Å². The van der Waals surface area contributed by atoms with Crippen LogP contribution in [0.2, 0.25) is 0 Å². The van der Waals surface area contributed by atoms with Gasteiger partial charge in [0.05, 0.1) is 16.3 Å². The topological polar surface area (TPSA) is 52.9 Å². The largest absolute Gasteiger partial charge is 0.507 e. The first-order valence-electron chi connectivity index (χ1n) is 8.43. The first kappa shape index (κ1) is 17.1. The quantitative estimate of drug-likeness (QED) is 0.643. The van der Waals surface area contributed by atoms with E-state index in [1.54, 1.807) is 29.2 Å². The molecule has 0 aliphatic carbocycles. The Balaban J connectivity index is 1.79. The molecule has 0 saturated carbocycles. The van der Waals surface area contributed by atoms with Crippen LogP contribution in [0.3, 0.4) is 0 Å². The van der Waals surface area contributed by atoms with Gasteiger partial charge in [-0.1, -0.05) is 54.6 Å². The molecule has 1 heterocycles. The molecule has 0 bridgehead atoms. The lowest BCUT2D eigenvalue weighted by Crippen LogP contribution is -2.28. The highest BCUT2D eigenvalue weighted by molar-refractivity contribution is 8.19.